The number of thioether (sulfide) groups is 1. The van der Waals surface area contributed by atoms with Gasteiger partial charge in [0.2, 0.25) is 5.65 Å². The number of pyridine rings is 1. The molecule has 11 nitrogen and oxygen atoms in total. The van der Waals surface area contributed by atoms with E-state index in [2.05, 4.69) is 25.0 Å². The van der Waals surface area contributed by atoms with Crippen molar-refractivity contribution >= 4 is 64.0 Å². The molecule has 0 radical (unpaired) electrons. The summed E-state index contributed by atoms with van der Waals surface area (Å²) in [6.07, 6.45) is 2.89. The van der Waals surface area contributed by atoms with Gasteiger partial charge in [0.1, 0.15) is 12.8 Å². The SMILES string of the molecule is CN(CCOc1ccc2ncc([N+](=O)[O-])n2n1)c1ccnc(CSc2nc3ccccc3[nH]2)c1Cl.Cl. The van der Waals surface area contributed by atoms with Crippen LogP contribution in [0.25, 0.3) is 16.7 Å². The summed E-state index contributed by atoms with van der Waals surface area (Å²) in [5.41, 5.74) is 3.84. The fourth-order valence-electron chi connectivity index (χ4n) is 3.46. The van der Waals surface area contributed by atoms with E-state index in [-0.39, 0.29) is 24.1 Å². The van der Waals surface area contributed by atoms with E-state index in [0.717, 1.165) is 38.3 Å². The number of fused-ring (bicyclic) bond motifs is 2. The largest absolute Gasteiger partial charge is 0.473 e. The number of benzene rings is 1. The number of rotatable bonds is 9. The van der Waals surface area contributed by atoms with E-state index in [1.54, 1.807) is 18.3 Å². The number of para-hydroxylation sites is 2. The van der Waals surface area contributed by atoms with Gasteiger partial charge in [-0.2, -0.15) is 0 Å². The molecule has 0 saturated heterocycles. The first-order valence-electron chi connectivity index (χ1n) is 10.5. The molecule has 5 rings (SSSR count). The number of halogens is 2. The maximum atomic E-state index is 11.1. The lowest BCUT2D eigenvalue weighted by Gasteiger charge is -2.21. The minimum atomic E-state index is -0.542. The third-order valence-electron chi connectivity index (χ3n) is 5.25. The molecule has 0 bridgehead atoms. The highest BCUT2D eigenvalue weighted by Crippen LogP contribution is 2.31. The first kappa shape index (κ1) is 25.5. The number of anilines is 1. The topological polar surface area (TPSA) is 127 Å². The Bertz CT molecular complexity index is 1490. The van der Waals surface area contributed by atoms with E-state index in [0.29, 0.717) is 29.6 Å². The van der Waals surface area contributed by atoms with Crippen LogP contribution in [0.15, 0.2) is 60.0 Å². The number of likely N-dealkylation sites (N-methyl/N-ethyl adjacent to an activating group) is 1. The number of H-pyrrole nitrogens is 1. The number of imidazole rings is 2. The molecule has 0 spiro atoms. The zero-order valence-corrected chi connectivity index (χ0v) is 21.3. The lowest BCUT2D eigenvalue weighted by Crippen LogP contribution is -2.24. The predicted octanol–water partition coefficient (Wildman–Crippen LogP) is 4.79. The van der Waals surface area contributed by atoms with Gasteiger partial charge in [-0.3, -0.25) is 4.98 Å². The summed E-state index contributed by atoms with van der Waals surface area (Å²) < 4.78 is 6.86. The van der Waals surface area contributed by atoms with E-state index < -0.39 is 4.92 Å². The van der Waals surface area contributed by atoms with Crippen molar-refractivity contribution in [3.05, 3.63) is 75.7 Å². The zero-order chi connectivity index (χ0) is 24.4. The minimum absolute atomic E-state index is 0. The van der Waals surface area contributed by atoms with Gasteiger partial charge in [0.25, 0.3) is 5.88 Å². The van der Waals surface area contributed by atoms with Crippen LogP contribution in [0.5, 0.6) is 5.88 Å². The number of hydrogen-bond donors (Lipinski definition) is 1. The van der Waals surface area contributed by atoms with E-state index >= 15 is 0 Å². The molecule has 0 saturated carbocycles. The van der Waals surface area contributed by atoms with Crippen LogP contribution in [0.4, 0.5) is 11.5 Å². The van der Waals surface area contributed by atoms with Gasteiger partial charge >= 0.3 is 5.82 Å². The highest BCUT2D eigenvalue weighted by Gasteiger charge is 2.17. The van der Waals surface area contributed by atoms with Crippen molar-refractivity contribution < 1.29 is 9.66 Å². The standard InChI is InChI=1S/C22H19ClN8O3S.ClH/c1-29(10-11-34-19-7-6-18-25-12-20(31(32)33)30(18)28-19)17-8-9-24-16(21(17)23)13-35-22-26-14-4-2-3-5-15(14)27-22;/h2-9,12H,10-11,13H2,1H3,(H,26,27);1H. The Morgan fingerprint density at radius 1 is 1.22 bits per heavy atom. The Morgan fingerprint density at radius 2 is 2.06 bits per heavy atom. The molecule has 4 heterocycles. The molecule has 1 N–H and O–H groups in total. The molecule has 0 aliphatic rings. The van der Waals surface area contributed by atoms with Crippen molar-refractivity contribution in [3.63, 3.8) is 0 Å². The van der Waals surface area contributed by atoms with Crippen LogP contribution in [0.1, 0.15) is 5.69 Å². The second kappa shape index (κ2) is 11.0. The molecular weight excluding hydrogens is 527 g/mol. The highest BCUT2D eigenvalue weighted by atomic mass is 35.5. The van der Waals surface area contributed by atoms with Gasteiger partial charge in [0, 0.05) is 31.1 Å². The summed E-state index contributed by atoms with van der Waals surface area (Å²) >= 11 is 8.20. The van der Waals surface area contributed by atoms with Crippen LogP contribution in [0.3, 0.4) is 0 Å². The van der Waals surface area contributed by atoms with E-state index in [1.807, 2.05) is 42.3 Å². The number of nitrogens with one attached hydrogen (secondary N) is 1. The van der Waals surface area contributed by atoms with Gasteiger partial charge < -0.3 is 24.7 Å². The van der Waals surface area contributed by atoms with Crippen LogP contribution in [0, 0.1) is 10.1 Å². The maximum Gasteiger partial charge on any atom is 0.368 e. The first-order valence-corrected chi connectivity index (χ1v) is 11.9. The minimum Gasteiger partial charge on any atom is -0.473 e. The molecule has 4 aromatic heterocycles. The van der Waals surface area contributed by atoms with Gasteiger partial charge in [0.05, 0.1) is 34.0 Å². The fraction of sp³-hybridized carbons (Fsp3) is 0.182. The van der Waals surface area contributed by atoms with Crippen molar-refractivity contribution in [2.45, 2.75) is 10.9 Å². The molecule has 0 aliphatic carbocycles. The number of aromatic amines is 1. The van der Waals surface area contributed by atoms with Gasteiger partial charge in [-0.15, -0.1) is 12.4 Å². The van der Waals surface area contributed by atoms with E-state index in [9.17, 15) is 10.1 Å². The van der Waals surface area contributed by atoms with Crippen molar-refractivity contribution in [2.75, 3.05) is 25.1 Å². The molecule has 36 heavy (non-hydrogen) atoms. The third-order valence-corrected chi connectivity index (χ3v) is 6.55. The number of aromatic nitrogens is 6. The van der Waals surface area contributed by atoms with Crippen molar-refractivity contribution in [1.29, 1.82) is 0 Å². The molecule has 1 aromatic carbocycles. The molecule has 0 atom stereocenters. The number of nitrogens with zero attached hydrogens (tertiary/aromatic N) is 7. The predicted molar refractivity (Wildman–Crippen MR) is 141 cm³/mol. The summed E-state index contributed by atoms with van der Waals surface area (Å²) in [7, 11) is 1.90. The second-order valence-corrected chi connectivity index (χ2v) is 8.87. The number of nitro groups is 1. The Morgan fingerprint density at radius 3 is 2.86 bits per heavy atom. The van der Waals surface area contributed by atoms with Crippen LogP contribution in [-0.2, 0) is 5.75 Å². The Balaban J connectivity index is 0.00000304. The average molecular weight is 547 g/mol. The number of ether oxygens (including phenoxy) is 1. The van der Waals surface area contributed by atoms with Crippen LogP contribution < -0.4 is 9.64 Å². The van der Waals surface area contributed by atoms with E-state index in [4.69, 9.17) is 16.3 Å². The average Bonchev–Trinajstić information content (AvgIpc) is 3.47. The van der Waals surface area contributed by atoms with Crippen LogP contribution in [-0.4, -0.2) is 54.7 Å². The van der Waals surface area contributed by atoms with Gasteiger partial charge in [0.15, 0.2) is 5.16 Å². The Hall–Kier alpha value is -3.61. The summed E-state index contributed by atoms with van der Waals surface area (Å²) in [5.74, 6) is 0.597. The smallest absolute Gasteiger partial charge is 0.368 e. The first-order chi connectivity index (χ1) is 17.0. The molecule has 186 valence electrons. The van der Waals surface area contributed by atoms with Crippen molar-refractivity contribution in [3.8, 4) is 5.88 Å². The zero-order valence-electron chi connectivity index (χ0n) is 18.9. The molecule has 0 unspecified atom stereocenters. The summed E-state index contributed by atoms with van der Waals surface area (Å²) in [5, 5.41) is 16.6. The molecular formula is C22H20Cl2N8O3S. The van der Waals surface area contributed by atoms with E-state index in [1.165, 1.54) is 11.8 Å². The molecule has 5 aromatic rings. The lowest BCUT2D eigenvalue weighted by atomic mass is 10.3. The highest BCUT2D eigenvalue weighted by molar-refractivity contribution is 7.98. The van der Waals surface area contributed by atoms with Crippen LogP contribution >= 0.6 is 35.8 Å². The van der Waals surface area contributed by atoms with Gasteiger partial charge in [-0.05, 0) is 28.2 Å². The third kappa shape index (κ3) is 5.30. The molecule has 0 aliphatic heterocycles. The second-order valence-electron chi connectivity index (χ2n) is 7.52. The lowest BCUT2D eigenvalue weighted by molar-refractivity contribution is -0.391. The number of hydrogen-bond acceptors (Lipinski definition) is 9. The Labute approximate surface area is 220 Å². The quantitative estimate of drug-likeness (QED) is 0.157. The van der Waals surface area contributed by atoms with Gasteiger partial charge in [-0.1, -0.05) is 40.0 Å². The summed E-state index contributed by atoms with van der Waals surface area (Å²) in [4.78, 5) is 28.8. The summed E-state index contributed by atoms with van der Waals surface area (Å²) in [6, 6.07) is 12.9. The molecule has 14 heteroatoms. The summed E-state index contributed by atoms with van der Waals surface area (Å²) in [6.45, 7) is 0.796. The maximum absolute atomic E-state index is 11.1. The van der Waals surface area contributed by atoms with Crippen molar-refractivity contribution in [2.24, 2.45) is 0 Å². The monoisotopic (exact) mass is 546 g/mol. The fourth-order valence-corrected chi connectivity index (χ4v) is 4.70. The normalized spacial score (nSPS) is 10.9. The van der Waals surface area contributed by atoms with Crippen LogP contribution in [0.2, 0.25) is 5.02 Å². The molecule has 0 amide bonds. The van der Waals surface area contributed by atoms with Crippen molar-refractivity contribution in [1.82, 2.24) is 29.5 Å². The van der Waals surface area contributed by atoms with Gasteiger partial charge in [-0.25, -0.2) is 9.97 Å². The molecule has 0 fully saturated rings. The Kier molecular flexibility index (Phi) is 7.77.